The van der Waals surface area contributed by atoms with Crippen LogP contribution in [0.2, 0.25) is 5.02 Å². The molecule has 102 valence electrons. The van der Waals surface area contributed by atoms with E-state index in [0.29, 0.717) is 21.3 Å². The van der Waals surface area contributed by atoms with Gasteiger partial charge in [0.2, 0.25) is 5.91 Å². The summed E-state index contributed by atoms with van der Waals surface area (Å²) in [6.07, 6.45) is 0. The number of nitrogens with two attached hydrogens (primary N) is 1. The largest absolute Gasteiger partial charge is 0.399 e. The van der Waals surface area contributed by atoms with Crippen molar-refractivity contribution in [1.82, 2.24) is 0 Å². The molecule has 0 aliphatic rings. The van der Waals surface area contributed by atoms with Crippen LogP contribution in [0, 0.1) is 11.3 Å². The van der Waals surface area contributed by atoms with Gasteiger partial charge in [0.1, 0.15) is 11.1 Å². The first kappa shape index (κ1) is 14.7. The monoisotopic (exact) mass is 323 g/mol. The molecule has 3 N–H and O–H groups in total. The molecular weight excluding hydrogens is 314 g/mol. The summed E-state index contributed by atoms with van der Waals surface area (Å²) in [4.78, 5) is 12.6. The van der Waals surface area contributed by atoms with Gasteiger partial charge in [-0.05, 0) is 29.6 Å². The van der Waals surface area contributed by atoms with E-state index in [0.717, 1.165) is 4.90 Å². The average molecular weight is 324 g/mol. The molecule has 0 spiro atoms. The van der Waals surface area contributed by atoms with Crippen LogP contribution in [0.15, 0.2) is 34.5 Å². The van der Waals surface area contributed by atoms with E-state index in [4.69, 9.17) is 22.6 Å². The standard InChI is InChI=1S/C13H10ClN3OS2/c14-10-2-1-9(16)5-11(10)20-7-12(18)17-13-8(6-15)3-4-19-13/h1-5H,7,16H2,(H,17,18). The molecule has 0 fully saturated rings. The quantitative estimate of drug-likeness (QED) is 0.665. The molecule has 0 saturated carbocycles. The van der Waals surface area contributed by atoms with Crippen molar-refractivity contribution in [3.63, 3.8) is 0 Å². The molecule has 0 unspecified atom stereocenters. The van der Waals surface area contributed by atoms with Crippen molar-refractivity contribution in [3.05, 3.63) is 40.2 Å². The van der Waals surface area contributed by atoms with E-state index in [1.54, 1.807) is 29.6 Å². The summed E-state index contributed by atoms with van der Waals surface area (Å²) >= 11 is 8.64. The SMILES string of the molecule is N#Cc1ccsc1NC(=O)CSc1cc(N)ccc1Cl. The number of carbonyl (C=O) groups excluding carboxylic acids is 1. The van der Waals surface area contributed by atoms with Crippen LogP contribution in [0.5, 0.6) is 0 Å². The Morgan fingerprint density at radius 1 is 1.50 bits per heavy atom. The summed E-state index contributed by atoms with van der Waals surface area (Å²) in [7, 11) is 0. The third kappa shape index (κ3) is 3.67. The number of benzene rings is 1. The number of thiophene rings is 1. The fraction of sp³-hybridized carbons (Fsp3) is 0.0769. The molecule has 1 aromatic carbocycles. The van der Waals surface area contributed by atoms with E-state index >= 15 is 0 Å². The Hall–Kier alpha value is -1.68. The third-order valence-electron chi connectivity index (χ3n) is 2.35. The minimum Gasteiger partial charge on any atom is -0.399 e. The van der Waals surface area contributed by atoms with E-state index in [9.17, 15) is 4.79 Å². The highest BCUT2D eigenvalue weighted by atomic mass is 35.5. The minimum absolute atomic E-state index is 0.188. The zero-order valence-electron chi connectivity index (χ0n) is 10.2. The van der Waals surface area contributed by atoms with Gasteiger partial charge in [-0.3, -0.25) is 4.79 Å². The summed E-state index contributed by atoms with van der Waals surface area (Å²) in [6.45, 7) is 0. The molecule has 0 aliphatic carbocycles. The molecule has 1 heterocycles. The first-order chi connectivity index (χ1) is 9.60. The normalized spacial score (nSPS) is 10.0. The summed E-state index contributed by atoms with van der Waals surface area (Å²) in [5, 5.41) is 14.5. The number of hydrogen-bond acceptors (Lipinski definition) is 5. The van der Waals surface area contributed by atoms with Crippen LogP contribution in [-0.2, 0) is 4.79 Å². The van der Waals surface area contributed by atoms with Crippen LogP contribution in [0.1, 0.15) is 5.56 Å². The smallest absolute Gasteiger partial charge is 0.235 e. The van der Waals surface area contributed by atoms with Gasteiger partial charge in [0.15, 0.2) is 0 Å². The lowest BCUT2D eigenvalue weighted by molar-refractivity contribution is -0.113. The molecule has 1 aromatic heterocycles. The van der Waals surface area contributed by atoms with Gasteiger partial charge in [0.25, 0.3) is 0 Å². The Morgan fingerprint density at radius 2 is 2.30 bits per heavy atom. The molecule has 0 atom stereocenters. The molecular formula is C13H10ClN3OS2. The van der Waals surface area contributed by atoms with Crippen molar-refractivity contribution < 1.29 is 4.79 Å². The minimum atomic E-state index is -0.188. The van der Waals surface area contributed by atoms with Gasteiger partial charge < -0.3 is 11.1 Å². The molecule has 0 aliphatic heterocycles. The molecule has 4 nitrogen and oxygen atoms in total. The topological polar surface area (TPSA) is 78.9 Å². The predicted molar refractivity (Wildman–Crippen MR) is 84.3 cm³/mol. The van der Waals surface area contributed by atoms with Crippen LogP contribution < -0.4 is 11.1 Å². The molecule has 0 radical (unpaired) electrons. The number of carbonyl (C=O) groups is 1. The van der Waals surface area contributed by atoms with Gasteiger partial charge in [-0.15, -0.1) is 23.1 Å². The van der Waals surface area contributed by atoms with Crippen LogP contribution in [0.3, 0.4) is 0 Å². The first-order valence-corrected chi connectivity index (χ1v) is 7.79. The van der Waals surface area contributed by atoms with Crippen molar-refractivity contribution in [2.75, 3.05) is 16.8 Å². The Balaban J connectivity index is 1.96. The van der Waals surface area contributed by atoms with Gasteiger partial charge in [0.05, 0.1) is 16.3 Å². The number of hydrogen-bond donors (Lipinski definition) is 2. The fourth-order valence-electron chi connectivity index (χ4n) is 1.43. The maximum atomic E-state index is 11.8. The van der Waals surface area contributed by atoms with Gasteiger partial charge >= 0.3 is 0 Å². The maximum Gasteiger partial charge on any atom is 0.235 e. The zero-order chi connectivity index (χ0) is 14.5. The van der Waals surface area contributed by atoms with Crippen molar-refractivity contribution >= 4 is 51.3 Å². The van der Waals surface area contributed by atoms with E-state index in [2.05, 4.69) is 5.32 Å². The predicted octanol–water partition coefficient (Wildman–Crippen LogP) is 3.59. The van der Waals surface area contributed by atoms with Crippen molar-refractivity contribution in [1.29, 1.82) is 5.26 Å². The number of nitrogen functional groups attached to an aromatic ring is 1. The lowest BCUT2D eigenvalue weighted by atomic mass is 10.3. The summed E-state index contributed by atoms with van der Waals surface area (Å²) in [5.41, 5.74) is 6.74. The van der Waals surface area contributed by atoms with Crippen molar-refractivity contribution in [2.45, 2.75) is 4.90 Å². The molecule has 2 rings (SSSR count). The second kappa shape index (κ2) is 6.66. The van der Waals surface area contributed by atoms with Gasteiger partial charge in [-0.2, -0.15) is 5.26 Å². The Morgan fingerprint density at radius 3 is 3.05 bits per heavy atom. The highest BCUT2D eigenvalue weighted by Gasteiger charge is 2.10. The number of thioether (sulfide) groups is 1. The molecule has 0 bridgehead atoms. The van der Waals surface area contributed by atoms with Crippen molar-refractivity contribution in [2.24, 2.45) is 0 Å². The molecule has 0 saturated heterocycles. The molecule has 1 amide bonds. The van der Waals surface area contributed by atoms with E-state index in [1.807, 2.05) is 6.07 Å². The summed E-state index contributed by atoms with van der Waals surface area (Å²) < 4.78 is 0. The van der Waals surface area contributed by atoms with Gasteiger partial charge in [-0.25, -0.2) is 0 Å². The Labute approximate surface area is 129 Å². The highest BCUT2D eigenvalue weighted by molar-refractivity contribution is 8.00. The zero-order valence-corrected chi connectivity index (χ0v) is 12.6. The third-order valence-corrected chi connectivity index (χ3v) is 4.68. The number of nitriles is 1. The van der Waals surface area contributed by atoms with Gasteiger partial charge in [-0.1, -0.05) is 11.6 Å². The maximum absolute atomic E-state index is 11.8. The lowest BCUT2D eigenvalue weighted by Gasteiger charge is -2.06. The first-order valence-electron chi connectivity index (χ1n) is 5.55. The Kier molecular flexibility index (Phi) is 4.90. The number of rotatable bonds is 4. The summed E-state index contributed by atoms with van der Waals surface area (Å²) in [6, 6.07) is 8.82. The second-order valence-corrected chi connectivity index (χ2v) is 6.14. The van der Waals surface area contributed by atoms with Crippen LogP contribution in [-0.4, -0.2) is 11.7 Å². The van der Waals surface area contributed by atoms with E-state index in [-0.39, 0.29) is 11.7 Å². The van der Waals surface area contributed by atoms with Crippen LogP contribution in [0.25, 0.3) is 0 Å². The number of halogens is 1. The number of amides is 1. The van der Waals surface area contributed by atoms with E-state index in [1.165, 1.54) is 23.1 Å². The number of nitrogens with zero attached hydrogens (tertiary/aromatic N) is 1. The lowest BCUT2D eigenvalue weighted by Crippen LogP contribution is -2.13. The number of anilines is 2. The van der Waals surface area contributed by atoms with Crippen LogP contribution >= 0.6 is 34.7 Å². The summed E-state index contributed by atoms with van der Waals surface area (Å²) in [5.74, 6) is 0.0128. The van der Waals surface area contributed by atoms with Gasteiger partial charge in [0, 0.05) is 10.6 Å². The Bertz CT molecular complexity index is 678. The fourth-order valence-corrected chi connectivity index (χ4v) is 3.25. The number of nitrogens with one attached hydrogen (secondary N) is 1. The van der Waals surface area contributed by atoms with Crippen LogP contribution in [0.4, 0.5) is 10.7 Å². The molecule has 2 aromatic rings. The highest BCUT2D eigenvalue weighted by Crippen LogP contribution is 2.29. The average Bonchev–Trinajstić information content (AvgIpc) is 2.87. The van der Waals surface area contributed by atoms with Crippen molar-refractivity contribution in [3.8, 4) is 6.07 Å². The second-order valence-electron chi connectivity index (χ2n) is 3.80. The van der Waals surface area contributed by atoms with E-state index < -0.39 is 0 Å². The molecule has 7 heteroatoms. The molecule has 20 heavy (non-hydrogen) atoms.